The minimum absolute atomic E-state index is 0.569. The first-order valence-electron chi connectivity index (χ1n) is 5.88. The summed E-state index contributed by atoms with van der Waals surface area (Å²) in [6, 6.07) is 9.79. The summed E-state index contributed by atoms with van der Waals surface area (Å²) in [4.78, 5) is 0. The van der Waals surface area contributed by atoms with E-state index in [1.807, 2.05) is 30.3 Å². The number of aromatic nitrogens is 3. The molecule has 1 aromatic heterocycles. The van der Waals surface area contributed by atoms with E-state index in [4.69, 9.17) is 0 Å². The summed E-state index contributed by atoms with van der Waals surface area (Å²) in [6.07, 6.45) is 3.24. The Labute approximate surface area is 99.9 Å². The van der Waals surface area contributed by atoms with Crippen molar-refractivity contribution in [2.45, 2.75) is 25.4 Å². The number of nitrogens with zero attached hydrogens (tertiary/aromatic N) is 3. The van der Waals surface area contributed by atoms with Gasteiger partial charge in [-0.3, -0.25) is 0 Å². The molecule has 0 atom stereocenters. The first-order valence-corrected chi connectivity index (χ1v) is 5.88. The van der Waals surface area contributed by atoms with E-state index in [1.54, 1.807) is 10.9 Å². The first kappa shape index (κ1) is 10.5. The van der Waals surface area contributed by atoms with Gasteiger partial charge in [-0.05, 0) is 30.9 Å². The Morgan fingerprint density at radius 3 is 2.65 bits per heavy atom. The minimum Gasteiger partial charge on any atom is -0.383 e. The van der Waals surface area contributed by atoms with Crippen molar-refractivity contribution in [2.75, 3.05) is 0 Å². The topological polar surface area (TPSA) is 50.9 Å². The molecular formula is C13H15N3O. The van der Waals surface area contributed by atoms with Crippen LogP contribution in [0.5, 0.6) is 0 Å². The van der Waals surface area contributed by atoms with Gasteiger partial charge in [0.2, 0.25) is 0 Å². The molecule has 4 heteroatoms. The van der Waals surface area contributed by atoms with Crippen molar-refractivity contribution in [3.8, 4) is 5.69 Å². The molecule has 4 nitrogen and oxygen atoms in total. The van der Waals surface area contributed by atoms with Crippen LogP contribution < -0.4 is 0 Å². The van der Waals surface area contributed by atoms with Crippen molar-refractivity contribution in [1.82, 2.24) is 15.0 Å². The Balaban J connectivity index is 2.01. The highest BCUT2D eigenvalue weighted by atomic mass is 16.3. The van der Waals surface area contributed by atoms with Crippen molar-refractivity contribution in [3.05, 3.63) is 42.2 Å². The standard InChI is InChI=1S/C13H15N3O/c1-10-7-13(17,8-10)12-9-14-15-16(12)11-5-3-2-4-6-11/h2-6,9-10,17H,7-8H2,1H3. The highest BCUT2D eigenvalue weighted by Crippen LogP contribution is 2.45. The van der Waals surface area contributed by atoms with Crippen molar-refractivity contribution in [2.24, 2.45) is 5.92 Å². The Morgan fingerprint density at radius 2 is 2.00 bits per heavy atom. The fraction of sp³-hybridized carbons (Fsp3) is 0.385. The van der Waals surface area contributed by atoms with Crippen LogP contribution in [0.1, 0.15) is 25.5 Å². The third-order valence-electron chi connectivity index (χ3n) is 3.40. The van der Waals surface area contributed by atoms with Gasteiger partial charge in [0, 0.05) is 0 Å². The number of para-hydroxylation sites is 1. The van der Waals surface area contributed by atoms with Gasteiger partial charge in [0.15, 0.2) is 0 Å². The molecule has 1 saturated carbocycles. The van der Waals surface area contributed by atoms with Crippen LogP contribution in [-0.4, -0.2) is 20.1 Å². The summed E-state index contributed by atoms with van der Waals surface area (Å²) in [5.41, 5.74) is 0.980. The normalized spacial score (nSPS) is 27.8. The smallest absolute Gasteiger partial charge is 0.109 e. The summed E-state index contributed by atoms with van der Waals surface area (Å²) in [7, 11) is 0. The molecule has 1 aliphatic rings. The van der Waals surface area contributed by atoms with Crippen molar-refractivity contribution in [3.63, 3.8) is 0 Å². The van der Waals surface area contributed by atoms with Crippen LogP contribution in [0.2, 0.25) is 0 Å². The van der Waals surface area contributed by atoms with E-state index in [0.717, 1.165) is 24.2 Å². The van der Waals surface area contributed by atoms with Gasteiger partial charge >= 0.3 is 0 Å². The van der Waals surface area contributed by atoms with Crippen LogP contribution in [-0.2, 0) is 5.60 Å². The third kappa shape index (κ3) is 1.65. The second kappa shape index (κ2) is 3.67. The van der Waals surface area contributed by atoms with E-state index in [1.165, 1.54) is 0 Å². The molecule has 0 spiro atoms. The Morgan fingerprint density at radius 1 is 1.29 bits per heavy atom. The number of hydrogen-bond acceptors (Lipinski definition) is 3. The molecule has 1 heterocycles. The summed E-state index contributed by atoms with van der Waals surface area (Å²) in [6.45, 7) is 2.14. The zero-order chi connectivity index (χ0) is 11.9. The maximum atomic E-state index is 10.5. The molecule has 0 amide bonds. The van der Waals surface area contributed by atoms with Gasteiger partial charge in [-0.1, -0.05) is 30.3 Å². The fourth-order valence-electron chi connectivity index (χ4n) is 2.61. The molecule has 1 aliphatic carbocycles. The molecule has 0 radical (unpaired) electrons. The SMILES string of the molecule is CC1CC(O)(c2cnnn2-c2ccccc2)C1. The second-order valence-corrected chi connectivity index (χ2v) is 4.91. The number of hydrogen-bond donors (Lipinski definition) is 1. The van der Waals surface area contributed by atoms with E-state index in [9.17, 15) is 5.11 Å². The highest BCUT2D eigenvalue weighted by molar-refractivity contribution is 5.33. The molecule has 0 unspecified atom stereocenters. The molecule has 0 bridgehead atoms. The average Bonchev–Trinajstić information content (AvgIpc) is 2.77. The van der Waals surface area contributed by atoms with Gasteiger partial charge in [-0.2, -0.15) is 0 Å². The van der Waals surface area contributed by atoms with Gasteiger partial charge in [0.1, 0.15) is 5.60 Å². The first-order chi connectivity index (χ1) is 8.19. The molecule has 17 heavy (non-hydrogen) atoms. The monoisotopic (exact) mass is 229 g/mol. The van der Waals surface area contributed by atoms with E-state index < -0.39 is 5.60 Å². The Kier molecular flexibility index (Phi) is 2.26. The van der Waals surface area contributed by atoms with Crippen LogP contribution in [0.4, 0.5) is 0 Å². The molecule has 88 valence electrons. The largest absolute Gasteiger partial charge is 0.383 e. The lowest BCUT2D eigenvalue weighted by atomic mass is 9.70. The summed E-state index contributed by atoms with van der Waals surface area (Å²) < 4.78 is 1.73. The predicted molar refractivity (Wildman–Crippen MR) is 63.7 cm³/mol. The maximum absolute atomic E-state index is 10.5. The molecule has 1 aromatic carbocycles. The van der Waals surface area contributed by atoms with Crippen LogP contribution >= 0.6 is 0 Å². The molecule has 0 saturated heterocycles. The van der Waals surface area contributed by atoms with Crippen LogP contribution in [0.25, 0.3) is 5.69 Å². The lowest BCUT2D eigenvalue weighted by molar-refractivity contribution is -0.0789. The summed E-state index contributed by atoms with van der Waals surface area (Å²) in [5.74, 6) is 0.569. The average molecular weight is 229 g/mol. The van der Waals surface area contributed by atoms with Crippen LogP contribution in [0.15, 0.2) is 36.5 Å². The molecule has 1 fully saturated rings. The quantitative estimate of drug-likeness (QED) is 0.855. The Hall–Kier alpha value is -1.68. The molecule has 1 N–H and O–H groups in total. The number of aliphatic hydroxyl groups is 1. The lowest BCUT2D eigenvalue weighted by Gasteiger charge is -2.41. The Bertz CT molecular complexity index is 514. The zero-order valence-electron chi connectivity index (χ0n) is 9.74. The van der Waals surface area contributed by atoms with Gasteiger partial charge in [-0.15, -0.1) is 5.10 Å². The van der Waals surface area contributed by atoms with Crippen molar-refractivity contribution < 1.29 is 5.11 Å². The van der Waals surface area contributed by atoms with Crippen LogP contribution in [0.3, 0.4) is 0 Å². The van der Waals surface area contributed by atoms with Gasteiger partial charge in [-0.25, -0.2) is 4.68 Å². The lowest BCUT2D eigenvalue weighted by Crippen LogP contribution is -2.41. The van der Waals surface area contributed by atoms with Crippen molar-refractivity contribution in [1.29, 1.82) is 0 Å². The third-order valence-corrected chi connectivity index (χ3v) is 3.40. The fourth-order valence-corrected chi connectivity index (χ4v) is 2.61. The van der Waals surface area contributed by atoms with Crippen molar-refractivity contribution >= 4 is 0 Å². The second-order valence-electron chi connectivity index (χ2n) is 4.91. The maximum Gasteiger partial charge on any atom is 0.109 e. The number of rotatable bonds is 2. The van der Waals surface area contributed by atoms with Crippen LogP contribution in [0, 0.1) is 5.92 Å². The van der Waals surface area contributed by atoms with E-state index in [-0.39, 0.29) is 0 Å². The summed E-state index contributed by atoms with van der Waals surface area (Å²) >= 11 is 0. The highest BCUT2D eigenvalue weighted by Gasteiger charge is 2.44. The molecular weight excluding hydrogens is 214 g/mol. The number of benzene rings is 1. The van der Waals surface area contributed by atoms with Gasteiger partial charge < -0.3 is 5.11 Å². The zero-order valence-corrected chi connectivity index (χ0v) is 9.74. The summed E-state index contributed by atoms with van der Waals surface area (Å²) in [5, 5.41) is 18.5. The molecule has 3 rings (SSSR count). The van der Waals surface area contributed by atoms with E-state index in [0.29, 0.717) is 5.92 Å². The molecule has 0 aliphatic heterocycles. The predicted octanol–water partition coefficient (Wildman–Crippen LogP) is 1.88. The molecule has 2 aromatic rings. The van der Waals surface area contributed by atoms with Gasteiger partial charge in [0.25, 0.3) is 0 Å². The van der Waals surface area contributed by atoms with E-state index >= 15 is 0 Å². The van der Waals surface area contributed by atoms with E-state index in [2.05, 4.69) is 17.2 Å². The van der Waals surface area contributed by atoms with Gasteiger partial charge in [0.05, 0.1) is 17.6 Å². The minimum atomic E-state index is -0.751.